The van der Waals surface area contributed by atoms with E-state index in [0.29, 0.717) is 53.3 Å². The van der Waals surface area contributed by atoms with Crippen molar-refractivity contribution < 1.29 is 9.59 Å². The zero-order chi connectivity index (χ0) is 41.3. The second kappa shape index (κ2) is 16.3. The van der Waals surface area contributed by atoms with E-state index >= 15 is 0 Å². The average molecular weight is 791 g/mol. The van der Waals surface area contributed by atoms with E-state index in [9.17, 15) is 9.59 Å². The first-order valence-corrected chi connectivity index (χ1v) is 21.0. The fourth-order valence-corrected chi connectivity index (χ4v) is 8.96. The number of carbonyl (C=O) groups is 2. The highest BCUT2D eigenvalue weighted by Crippen LogP contribution is 2.41. The summed E-state index contributed by atoms with van der Waals surface area (Å²) in [4.78, 5) is 49.0. The minimum Gasteiger partial charge on any atom is -0.292 e. The number of hydrogen-bond acceptors (Lipinski definition) is 6. The summed E-state index contributed by atoms with van der Waals surface area (Å²) in [5.74, 6) is -0.442. The van der Waals surface area contributed by atoms with E-state index in [4.69, 9.17) is 19.9 Å². The van der Waals surface area contributed by atoms with Gasteiger partial charge in [-0.3, -0.25) is 14.6 Å². The van der Waals surface area contributed by atoms with Gasteiger partial charge in [-0.2, -0.15) is 0 Å². The lowest BCUT2D eigenvalue weighted by molar-refractivity contribution is 0.0876. The van der Waals surface area contributed by atoms with Crippen molar-refractivity contribution in [3.8, 4) is 56.2 Å². The van der Waals surface area contributed by atoms with Gasteiger partial charge in [0.2, 0.25) is 5.78 Å². The Labute approximate surface area is 355 Å². The molecule has 4 aromatic carbocycles. The molecule has 294 valence electrons. The van der Waals surface area contributed by atoms with Crippen LogP contribution in [-0.4, -0.2) is 31.5 Å². The Morgan fingerprint density at radius 3 is 1.59 bits per heavy atom. The van der Waals surface area contributed by atoms with Crippen molar-refractivity contribution in [3.05, 3.63) is 209 Å². The zero-order valence-corrected chi connectivity index (χ0v) is 33.8. The third-order valence-corrected chi connectivity index (χ3v) is 12.2. The number of pyridine rings is 4. The fraction of sp³-hybridized carbons (Fsp3) is 0.127. The molecule has 0 spiro atoms. The Bertz CT molecular complexity index is 2960. The third-order valence-electron chi connectivity index (χ3n) is 12.2. The van der Waals surface area contributed by atoms with E-state index in [0.717, 1.165) is 68.0 Å². The van der Waals surface area contributed by atoms with Crippen LogP contribution >= 0.6 is 0 Å². The molecule has 0 fully saturated rings. The summed E-state index contributed by atoms with van der Waals surface area (Å²) in [6.07, 6.45) is 4.64. The minimum absolute atomic E-state index is 0.0580. The molecule has 0 N–H and O–H groups in total. The number of benzene rings is 4. The first kappa shape index (κ1) is 37.8. The number of Topliss-reactive ketones (excluding diaryl/α,β-unsaturated/α-hetero) is 2. The molecule has 10 rings (SSSR count). The van der Waals surface area contributed by atoms with Crippen LogP contribution in [0.3, 0.4) is 0 Å². The van der Waals surface area contributed by atoms with E-state index in [1.54, 1.807) is 0 Å². The third kappa shape index (κ3) is 7.42. The van der Waals surface area contributed by atoms with E-state index in [1.807, 2.05) is 140 Å². The van der Waals surface area contributed by atoms with E-state index < -0.39 is 0 Å². The van der Waals surface area contributed by atoms with Crippen LogP contribution in [0.5, 0.6) is 0 Å². The number of rotatable bonds is 8. The van der Waals surface area contributed by atoms with Gasteiger partial charge in [0.05, 0.1) is 28.5 Å². The maximum absolute atomic E-state index is 14.5. The van der Waals surface area contributed by atoms with Crippen LogP contribution in [0.15, 0.2) is 175 Å². The van der Waals surface area contributed by atoms with Gasteiger partial charge in [-0.25, -0.2) is 15.0 Å². The normalized spacial score (nSPS) is 15.9. The summed E-state index contributed by atoms with van der Waals surface area (Å²) < 4.78 is 0. The maximum atomic E-state index is 14.5. The molecule has 4 aromatic heterocycles. The predicted octanol–water partition coefficient (Wildman–Crippen LogP) is 12.4. The van der Waals surface area contributed by atoms with Crippen LogP contribution < -0.4 is 0 Å². The number of carbonyl (C=O) groups excluding carboxylic acids is 2. The van der Waals surface area contributed by atoms with Crippen molar-refractivity contribution in [2.45, 2.75) is 38.5 Å². The highest BCUT2D eigenvalue weighted by molar-refractivity contribution is 6.13. The lowest BCUT2D eigenvalue weighted by Gasteiger charge is -2.29. The van der Waals surface area contributed by atoms with Gasteiger partial charge < -0.3 is 0 Å². The maximum Gasteiger partial charge on any atom is 0.207 e. The van der Waals surface area contributed by atoms with Gasteiger partial charge in [-0.05, 0) is 102 Å². The first-order valence-electron chi connectivity index (χ1n) is 21.0. The SMILES string of the molecule is CC(c1cccc(-c2cccc(/C=C3\CCc4c(-c5ccccc5)cc(-c5ccccc5)nc4C3=O)n2)n1)C1CCc2c(-c3ccccc3)cc(-c3ccccc3)nc2C1=O. The molecule has 0 radical (unpaired) electrons. The predicted molar refractivity (Wildman–Crippen MR) is 243 cm³/mol. The molecule has 0 aliphatic heterocycles. The monoisotopic (exact) mass is 790 g/mol. The topological polar surface area (TPSA) is 85.7 Å². The summed E-state index contributed by atoms with van der Waals surface area (Å²) in [5, 5.41) is 0. The van der Waals surface area contributed by atoms with Crippen molar-refractivity contribution in [1.82, 2.24) is 19.9 Å². The van der Waals surface area contributed by atoms with Gasteiger partial charge >= 0.3 is 0 Å². The van der Waals surface area contributed by atoms with Crippen LogP contribution in [0, 0.1) is 5.92 Å². The number of fused-ring (bicyclic) bond motifs is 2. The summed E-state index contributed by atoms with van der Waals surface area (Å²) in [7, 11) is 0. The first-order chi connectivity index (χ1) is 30.0. The van der Waals surface area contributed by atoms with Crippen molar-refractivity contribution in [1.29, 1.82) is 0 Å². The smallest absolute Gasteiger partial charge is 0.207 e. The molecule has 0 bridgehead atoms. The quantitative estimate of drug-likeness (QED) is 0.143. The van der Waals surface area contributed by atoms with Crippen LogP contribution in [0.1, 0.15) is 69.2 Å². The molecule has 2 unspecified atom stereocenters. The molecule has 6 heteroatoms. The number of nitrogens with zero attached hydrogens (tertiary/aromatic N) is 4. The highest BCUT2D eigenvalue weighted by Gasteiger charge is 2.36. The number of allylic oxidation sites excluding steroid dienone is 1. The lowest BCUT2D eigenvalue weighted by atomic mass is 9.75. The summed E-state index contributed by atoms with van der Waals surface area (Å²) >= 11 is 0. The molecule has 0 saturated heterocycles. The molecule has 61 heavy (non-hydrogen) atoms. The Morgan fingerprint density at radius 1 is 0.492 bits per heavy atom. The van der Waals surface area contributed by atoms with Gasteiger partial charge in [0.1, 0.15) is 11.4 Å². The van der Waals surface area contributed by atoms with Crippen LogP contribution in [0.2, 0.25) is 0 Å². The highest BCUT2D eigenvalue weighted by atomic mass is 16.1. The molecule has 2 aliphatic rings. The van der Waals surface area contributed by atoms with Gasteiger partial charge in [-0.15, -0.1) is 0 Å². The minimum atomic E-state index is -0.278. The number of ketones is 2. The molecule has 0 amide bonds. The van der Waals surface area contributed by atoms with Crippen molar-refractivity contribution in [2.75, 3.05) is 0 Å². The average Bonchev–Trinajstić information content (AvgIpc) is 3.33. The standard InChI is InChI=1S/C55H42N4O2/c1-35(42-30-31-44-46(37-18-8-3-9-19-37)34-51(59-53(44)55(42)61)39-22-12-5-13-23-39)47-25-15-27-49(57-47)48-26-14-24-41(56-48)32-40-28-29-43-45(36-16-6-2-7-17-36)33-50(58-52(43)54(40)60)38-20-10-4-11-21-38/h2-27,32-35,42H,28-31H2,1H3/b40-32+. The number of aromatic nitrogens is 4. The molecule has 4 heterocycles. The van der Waals surface area contributed by atoms with Crippen LogP contribution in [0.4, 0.5) is 0 Å². The Kier molecular flexibility index (Phi) is 10.1. The van der Waals surface area contributed by atoms with Gasteiger partial charge in [0, 0.05) is 34.2 Å². The van der Waals surface area contributed by atoms with Gasteiger partial charge in [-0.1, -0.05) is 140 Å². The van der Waals surface area contributed by atoms with E-state index in [2.05, 4.69) is 43.3 Å². The molecule has 2 aliphatic carbocycles. The van der Waals surface area contributed by atoms with Crippen LogP contribution in [-0.2, 0) is 12.8 Å². The van der Waals surface area contributed by atoms with Crippen molar-refractivity contribution >= 4 is 17.6 Å². The van der Waals surface area contributed by atoms with E-state index in [1.165, 1.54) is 0 Å². The van der Waals surface area contributed by atoms with Crippen molar-refractivity contribution in [2.24, 2.45) is 5.92 Å². The van der Waals surface area contributed by atoms with Crippen LogP contribution in [0.25, 0.3) is 62.2 Å². The second-order valence-corrected chi connectivity index (χ2v) is 15.9. The molecular weight excluding hydrogens is 749 g/mol. The summed E-state index contributed by atoms with van der Waals surface area (Å²) in [6, 6.07) is 56.6. The molecule has 8 aromatic rings. The lowest BCUT2D eigenvalue weighted by Crippen LogP contribution is -2.29. The molecule has 6 nitrogen and oxygen atoms in total. The van der Waals surface area contributed by atoms with Gasteiger partial charge in [0.15, 0.2) is 5.78 Å². The Morgan fingerprint density at radius 2 is 1.00 bits per heavy atom. The fourth-order valence-electron chi connectivity index (χ4n) is 8.96. The molecule has 0 saturated carbocycles. The molecular formula is C55H42N4O2. The second-order valence-electron chi connectivity index (χ2n) is 15.9. The van der Waals surface area contributed by atoms with E-state index in [-0.39, 0.29) is 23.4 Å². The Hall–Kier alpha value is -7.44. The zero-order valence-electron chi connectivity index (χ0n) is 33.8. The Balaban J connectivity index is 0.938. The van der Waals surface area contributed by atoms with Crippen molar-refractivity contribution in [3.63, 3.8) is 0 Å². The number of hydrogen-bond donors (Lipinski definition) is 0. The summed E-state index contributed by atoms with van der Waals surface area (Å²) in [6.45, 7) is 2.10. The largest absolute Gasteiger partial charge is 0.292 e. The molecule has 2 atom stereocenters. The van der Waals surface area contributed by atoms with Gasteiger partial charge in [0.25, 0.3) is 0 Å². The summed E-state index contributed by atoms with van der Waals surface area (Å²) in [5.41, 5.74) is 14.4.